The lowest BCUT2D eigenvalue weighted by Crippen LogP contribution is -2.36. The minimum atomic E-state index is -0.862. The van der Waals surface area contributed by atoms with Gasteiger partial charge in [-0.3, -0.25) is 4.79 Å². The van der Waals surface area contributed by atoms with Gasteiger partial charge in [0, 0.05) is 17.6 Å². The summed E-state index contributed by atoms with van der Waals surface area (Å²) >= 11 is 0. The molecule has 1 aliphatic rings. The van der Waals surface area contributed by atoms with Gasteiger partial charge in [0.25, 0.3) is 5.91 Å². The molecule has 1 amide bonds. The van der Waals surface area contributed by atoms with Gasteiger partial charge in [-0.1, -0.05) is 37.3 Å². The average molecular weight is 389 g/mol. The van der Waals surface area contributed by atoms with Crippen molar-refractivity contribution in [2.24, 2.45) is 0 Å². The molecule has 1 fully saturated rings. The van der Waals surface area contributed by atoms with Gasteiger partial charge >= 0.3 is 5.97 Å². The number of pyridine rings is 1. The number of carbonyl (C=O) groups is 2. The molecule has 6 heteroatoms. The summed E-state index contributed by atoms with van der Waals surface area (Å²) in [4.78, 5) is 31.1. The van der Waals surface area contributed by atoms with Crippen molar-refractivity contribution in [1.82, 2.24) is 4.98 Å². The Hall–Kier alpha value is -3.41. The maximum atomic E-state index is 13.1. The van der Waals surface area contributed by atoms with Gasteiger partial charge in [0.2, 0.25) is 0 Å². The molecule has 6 nitrogen and oxygen atoms in total. The van der Waals surface area contributed by atoms with Gasteiger partial charge in [0.1, 0.15) is 11.9 Å². The molecule has 1 aliphatic heterocycles. The first-order valence-corrected chi connectivity index (χ1v) is 9.86. The summed E-state index contributed by atoms with van der Waals surface area (Å²) in [5, 5.41) is 13.2. The van der Waals surface area contributed by atoms with Crippen LogP contribution in [0.25, 0.3) is 10.9 Å². The molecule has 3 aromatic rings. The lowest BCUT2D eigenvalue weighted by molar-refractivity contribution is -0.138. The second kappa shape index (κ2) is 7.91. The predicted octanol–water partition coefficient (Wildman–Crippen LogP) is 4.10. The lowest BCUT2D eigenvalue weighted by atomic mass is 10.1. The zero-order chi connectivity index (χ0) is 20.4. The number of benzene rings is 2. The molecule has 2 N–H and O–H groups in total. The fourth-order valence-corrected chi connectivity index (χ4v) is 3.82. The van der Waals surface area contributed by atoms with Crippen molar-refractivity contribution in [2.45, 2.75) is 32.2 Å². The highest BCUT2D eigenvalue weighted by Gasteiger charge is 2.32. The molecule has 0 radical (unpaired) electrons. The van der Waals surface area contributed by atoms with Gasteiger partial charge in [-0.2, -0.15) is 0 Å². The third kappa shape index (κ3) is 3.78. The molecule has 2 heterocycles. The zero-order valence-electron chi connectivity index (χ0n) is 16.3. The van der Waals surface area contributed by atoms with E-state index in [0.717, 1.165) is 23.9 Å². The highest BCUT2D eigenvalue weighted by Crippen LogP contribution is 2.29. The molecule has 1 aromatic heterocycles. The average Bonchev–Trinajstić information content (AvgIpc) is 3.24. The number of fused-ring (bicyclic) bond motifs is 1. The molecule has 2 aromatic carbocycles. The number of carboxylic acid groups (broad SMARTS) is 1. The van der Waals surface area contributed by atoms with Crippen LogP contribution in [0.2, 0.25) is 0 Å². The number of hydrogen-bond acceptors (Lipinski definition) is 4. The number of para-hydroxylation sites is 1. The molecule has 148 valence electrons. The van der Waals surface area contributed by atoms with Crippen LogP contribution in [0.1, 0.15) is 35.7 Å². The summed E-state index contributed by atoms with van der Waals surface area (Å²) in [6.07, 6.45) is 2.30. The van der Waals surface area contributed by atoms with Gasteiger partial charge in [0.05, 0.1) is 11.1 Å². The first-order chi connectivity index (χ1) is 14.1. The van der Waals surface area contributed by atoms with Crippen LogP contribution in [0.15, 0.2) is 54.6 Å². The molecule has 0 aliphatic carbocycles. The quantitative estimate of drug-likeness (QED) is 0.686. The molecule has 0 saturated carbocycles. The van der Waals surface area contributed by atoms with E-state index < -0.39 is 12.0 Å². The van der Waals surface area contributed by atoms with Gasteiger partial charge in [-0.25, -0.2) is 9.78 Å². The van der Waals surface area contributed by atoms with E-state index in [4.69, 9.17) is 0 Å². The summed E-state index contributed by atoms with van der Waals surface area (Å²) in [5.41, 5.74) is 3.08. The number of hydrogen-bond donors (Lipinski definition) is 2. The topological polar surface area (TPSA) is 82.5 Å². The Labute approximate surface area is 169 Å². The van der Waals surface area contributed by atoms with E-state index in [9.17, 15) is 14.7 Å². The van der Waals surface area contributed by atoms with Gasteiger partial charge in [-0.15, -0.1) is 0 Å². The number of anilines is 2. The van der Waals surface area contributed by atoms with Crippen molar-refractivity contribution in [3.8, 4) is 0 Å². The van der Waals surface area contributed by atoms with Gasteiger partial charge in [-0.05, 0) is 49.1 Å². The van der Waals surface area contributed by atoms with E-state index in [-0.39, 0.29) is 5.91 Å². The number of aromatic nitrogens is 1. The third-order valence-corrected chi connectivity index (χ3v) is 5.40. The van der Waals surface area contributed by atoms with Crippen LogP contribution in [0, 0.1) is 0 Å². The SMILES string of the molecule is CCc1ccc(NC(=O)c2cc(N3CCCC3C(=O)O)nc3ccccc23)cc1. The van der Waals surface area contributed by atoms with Crippen molar-refractivity contribution in [3.63, 3.8) is 0 Å². The molecular formula is C23H23N3O3. The Morgan fingerprint density at radius 1 is 1.17 bits per heavy atom. The number of nitrogens with zero attached hydrogens (tertiary/aromatic N) is 2. The molecule has 1 atom stereocenters. The number of nitrogens with one attached hydrogen (secondary N) is 1. The first kappa shape index (κ1) is 18.9. The van der Waals surface area contributed by atoms with E-state index in [0.29, 0.717) is 29.9 Å². The first-order valence-electron chi connectivity index (χ1n) is 9.86. The standard InChI is InChI=1S/C23H23N3O3/c1-2-15-9-11-16(12-10-15)24-22(27)18-14-21(25-19-7-4-3-6-17(18)19)26-13-5-8-20(26)23(28)29/h3-4,6-7,9-12,14,20H,2,5,8,13H2,1H3,(H,24,27)(H,28,29). The third-order valence-electron chi connectivity index (χ3n) is 5.40. The number of rotatable bonds is 5. The zero-order valence-corrected chi connectivity index (χ0v) is 16.3. The number of carboxylic acids is 1. The van der Waals surface area contributed by atoms with Crippen LogP contribution in [0.5, 0.6) is 0 Å². The van der Waals surface area contributed by atoms with Crippen LogP contribution in [0.3, 0.4) is 0 Å². The molecule has 29 heavy (non-hydrogen) atoms. The minimum Gasteiger partial charge on any atom is -0.480 e. The monoisotopic (exact) mass is 389 g/mol. The van der Waals surface area contributed by atoms with E-state index in [1.54, 1.807) is 11.0 Å². The normalized spacial score (nSPS) is 16.2. The highest BCUT2D eigenvalue weighted by atomic mass is 16.4. The van der Waals surface area contributed by atoms with Crippen LogP contribution in [-0.4, -0.2) is 34.6 Å². The minimum absolute atomic E-state index is 0.236. The maximum Gasteiger partial charge on any atom is 0.326 e. The molecular weight excluding hydrogens is 366 g/mol. The fraction of sp³-hybridized carbons (Fsp3) is 0.261. The van der Waals surface area contributed by atoms with E-state index in [2.05, 4.69) is 17.2 Å². The Morgan fingerprint density at radius 3 is 2.66 bits per heavy atom. The number of aryl methyl sites for hydroxylation is 1. The number of amides is 1. The maximum absolute atomic E-state index is 13.1. The van der Waals surface area contributed by atoms with Crippen LogP contribution in [0.4, 0.5) is 11.5 Å². The second-order valence-electron chi connectivity index (χ2n) is 7.24. The number of aliphatic carboxylic acids is 1. The van der Waals surface area contributed by atoms with Gasteiger partial charge in [0.15, 0.2) is 0 Å². The van der Waals surface area contributed by atoms with Crippen LogP contribution < -0.4 is 10.2 Å². The Balaban J connectivity index is 1.72. The van der Waals surface area contributed by atoms with Crippen molar-refractivity contribution < 1.29 is 14.7 Å². The molecule has 1 unspecified atom stereocenters. The van der Waals surface area contributed by atoms with Gasteiger partial charge < -0.3 is 15.3 Å². The summed E-state index contributed by atoms with van der Waals surface area (Å²) in [6, 6.07) is 16.3. The highest BCUT2D eigenvalue weighted by molar-refractivity contribution is 6.13. The summed E-state index contributed by atoms with van der Waals surface area (Å²) in [6.45, 7) is 2.70. The Kier molecular flexibility index (Phi) is 5.16. The second-order valence-corrected chi connectivity index (χ2v) is 7.24. The van der Waals surface area contributed by atoms with Crippen molar-refractivity contribution in [2.75, 3.05) is 16.8 Å². The lowest BCUT2D eigenvalue weighted by Gasteiger charge is -2.23. The largest absolute Gasteiger partial charge is 0.480 e. The molecule has 0 bridgehead atoms. The molecule has 0 spiro atoms. The van der Waals surface area contributed by atoms with Crippen molar-refractivity contribution in [3.05, 3.63) is 65.7 Å². The van der Waals surface area contributed by atoms with E-state index in [1.807, 2.05) is 48.5 Å². The smallest absolute Gasteiger partial charge is 0.326 e. The van der Waals surface area contributed by atoms with E-state index in [1.165, 1.54) is 5.56 Å². The van der Waals surface area contributed by atoms with Crippen molar-refractivity contribution in [1.29, 1.82) is 0 Å². The Bertz CT molecular complexity index is 1060. The Morgan fingerprint density at radius 2 is 1.93 bits per heavy atom. The fourth-order valence-electron chi connectivity index (χ4n) is 3.82. The van der Waals surface area contributed by atoms with Crippen LogP contribution in [-0.2, 0) is 11.2 Å². The van der Waals surface area contributed by atoms with E-state index >= 15 is 0 Å². The summed E-state index contributed by atoms with van der Waals surface area (Å²) in [5.74, 6) is -0.570. The summed E-state index contributed by atoms with van der Waals surface area (Å²) < 4.78 is 0. The molecule has 1 saturated heterocycles. The van der Waals surface area contributed by atoms with Crippen LogP contribution >= 0.6 is 0 Å². The van der Waals surface area contributed by atoms with Crippen molar-refractivity contribution >= 4 is 34.3 Å². The molecule has 4 rings (SSSR count). The number of carbonyl (C=O) groups excluding carboxylic acids is 1. The summed E-state index contributed by atoms with van der Waals surface area (Å²) in [7, 11) is 0. The predicted molar refractivity (Wildman–Crippen MR) is 114 cm³/mol.